The van der Waals surface area contributed by atoms with Crippen molar-refractivity contribution in [3.05, 3.63) is 0 Å². The number of hydrogen-bond donors (Lipinski definition) is 2. The number of terminal acetylenes is 1. The molecule has 3 N–H and O–H groups in total. The summed E-state index contributed by atoms with van der Waals surface area (Å²) in [4.78, 5) is 19.6. The van der Waals surface area contributed by atoms with Crippen LogP contribution in [0.4, 0.5) is 13.2 Å². The fourth-order valence-corrected chi connectivity index (χ4v) is 0.494. The zero-order valence-electron chi connectivity index (χ0n) is 8.49. The van der Waals surface area contributed by atoms with Gasteiger partial charge in [-0.1, -0.05) is 5.92 Å². The van der Waals surface area contributed by atoms with Crippen LogP contribution in [0.3, 0.4) is 0 Å². The van der Waals surface area contributed by atoms with Crippen molar-refractivity contribution in [3.8, 4) is 12.3 Å². The van der Waals surface area contributed by atoms with Crippen molar-refractivity contribution in [1.82, 2.24) is 0 Å². The first-order valence-corrected chi connectivity index (χ1v) is 5.13. The van der Waals surface area contributed by atoms with E-state index in [1.807, 2.05) is 22.6 Å². The average molecular weight is 367 g/mol. The van der Waals surface area contributed by atoms with Crippen molar-refractivity contribution in [1.29, 1.82) is 0 Å². The maximum Gasteiger partial charge on any atom is 0.490 e. The lowest BCUT2D eigenvalue weighted by Crippen LogP contribution is -2.30. The van der Waals surface area contributed by atoms with Gasteiger partial charge in [0, 0.05) is 0 Å². The molecule has 0 saturated heterocycles. The molecule has 2 unspecified atom stereocenters. The van der Waals surface area contributed by atoms with E-state index in [9.17, 15) is 18.0 Å². The number of ether oxygens (including phenoxy) is 1. The maximum absolute atomic E-state index is 10.7. The molecule has 0 aliphatic carbocycles. The molecule has 0 aliphatic heterocycles. The topological polar surface area (TPSA) is 89.6 Å². The molecule has 0 aliphatic rings. The van der Waals surface area contributed by atoms with Crippen LogP contribution in [0.25, 0.3) is 0 Å². The monoisotopic (exact) mass is 367 g/mol. The third-order valence-corrected chi connectivity index (χ3v) is 1.58. The minimum absolute atomic E-state index is 0.475. The van der Waals surface area contributed by atoms with E-state index in [2.05, 4.69) is 10.7 Å². The van der Waals surface area contributed by atoms with Crippen LogP contribution < -0.4 is 5.73 Å². The Morgan fingerprint density at radius 3 is 2.06 bits per heavy atom. The van der Waals surface area contributed by atoms with Crippen molar-refractivity contribution in [2.75, 3.05) is 0 Å². The van der Waals surface area contributed by atoms with Gasteiger partial charge in [-0.05, 0) is 29.5 Å². The number of esters is 1. The Labute approximate surface area is 109 Å². The van der Waals surface area contributed by atoms with Crippen molar-refractivity contribution in [2.45, 2.75) is 23.3 Å². The number of aliphatic carboxylic acids is 1. The van der Waals surface area contributed by atoms with Crippen LogP contribution in [0.5, 0.6) is 0 Å². The quantitative estimate of drug-likeness (QED) is 0.328. The normalized spacial score (nSPS) is 13.5. The molecule has 0 spiro atoms. The lowest BCUT2D eigenvalue weighted by atomic mass is 10.4. The van der Waals surface area contributed by atoms with E-state index in [1.165, 1.54) is 0 Å². The summed E-state index contributed by atoms with van der Waals surface area (Å²) in [7, 11) is 0. The molecule has 0 aromatic carbocycles. The van der Waals surface area contributed by atoms with Gasteiger partial charge in [0.1, 0.15) is 6.04 Å². The summed E-state index contributed by atoms with van der Waals surface area (Å²) in [6.07, 6.45) is -0.138. The van der Waals surface area contributed by atoms with Crippen molar-refractivity contribution < 1.29 is 32.6 Å². The Balaban J connectivity index is 0. The standard InChI is InChI=1S/C6H8INO2.C2HF3O2/c1-3-5(7)10-6(9)4(2)8;3-2(4,5)1(6)7/h1,4-5H,8H2,2H3;(H,6,7). The van der Waals surface area contributed by atoms with Gasteiger partial charge in [0.15, 0.2) is 0 Å². The van der Waals surface area contributed by atoms with E-state index in [-0.39, 0.29) is 0 Å². The van der Waals surface area contributed by atoms with Crippen molar-refractivity contribution >= 4 is 34.5 Å². The molecule has 98 valence electrons. The molecule has 0 radical (unpaired) electrons. The fraction of sp³-hybridized carbons (Fsp3) is 0.500. The minimum Gasteiger partial charge on any atom is -0.475 e. The Kier molecular flexibility index (Phi) is 8.77. The van der Waals surface area contributed by atoms with Crippen LogP contribution in [0, 0.1) is 12.3 Å². The van der Waals surface area contributed by atoms with Gasteiger partial charge in [-0.2, -0.15) is 13.2 Å². The molecule has 0 saturated carbocycles. The maximum atomic E-state index is 10.7. The van der Waals surface area contributed by atoms with Crippen molar-refractivity contribution in [2.24, 2.45) is 5.73 Å². The van der Waals surface area contributed by atoms with E-state index >= 15 is 0 Å². The molecule has 5 nitrogen and oxygen atoms in total. The molecule has 2 atom stereocenters. The molecule has 0 amide bonds. The zero-order valence-corrected chi connectivity index (χ0v) is 10.7. The summed E-state index contributed by atoms with van der Waals surface area (Å²) in [5.41, 5.74) is 5.19. The highest BCUT2D eigenvalue weighted by atomic mass is 127. The first kappa shape index (κ1) is 18.3. The van der Waals surface area contributed by atoms with E-state index < -0.39 is 28.3 Å². The van der Waals surface area contributed by atoms with Crippen LogP contribution in [0.15, 0.2) is 0 Å². The van der Waals surface area contributed by atoms with Crippen LogP contribution in [0.2, 0.25) is 0 Å². The first-order chi connectivity index (χ1) is 7.52. The highest BCUT2D eigenvalue weighted by molar-refractivity contribution is 14.1. The Hall–Kier alpha value is -1.02. The molecule has 0 rings (SSSR count). The summed E-state index contributed by atoms with van der Waals surface area (Å²) < 4.78 is 35.9. The van der Waals surface area contributed by atoms with E-state index in [1.54, 1.807) is 6.92 Å². The molecule has 0 heterocycles. The largest absolute Gasteiger partial charge is 0.490 e. The fourth-order valence-electron chi connectivity index (χ4n) is 0.243. The second kappa shape index (κ2) is 8.13. The highest BCUT2D eigenvalue weighted by Crippen LogP contribution is 2.13. The first-order valence-electron chi connectivity index (χ1n) is 3.88. The predicted molar refractivity (Wildman–Crippen MR) is 60.1 cm³/mol. The van der Waals surface area contributed by atoms with Crippen LogP contribution >= 0.6 is 22.6 Å². The van der Waals surface area contributed by atoms with Gasteiger partial charge in [-0.3, -0.25) is 4.79 Å². The second-order valence-electron chi connectivity index (χ2n) is 2.51. The molecular weight excluding hydrogens is 358 g/mol. The van der Waals surface area contributed by atoms with Crippen LogP contribution in [0.1, 0.15) is 6.92 Å². The van der Waals surface area contributed by atoms with Crippen molar-refractivity contribution in [3.63, 3.8) is 0 Å². The molecule has 0 bridgehead atoms. The molecular formula is C8H9F3INO4. The lowest BCUT2D eigenvalue weighted by Gasteiger charge is -2.07. The molecule has 9 heteroatoms. The third kappa shape index (κ3) is 11.2. The van der Waals surface area contributed by atoms with Gasteiger partial charge in [0.2, 0.25) is 4.11 Å². The highest BCUT2D eigenvalue weighted by Gasteiger charge is 2.38. The molecule has 0 aromatic heterocycles. The summed E-state index contributed by atoms with van der Waals surface area (Å²) in [6.45, 7) is 1.54. The number of alkyl halides is 4. The number of nitrogens with two attached hydrogens (primary N) is 1. The van der Waals surface area contributed by atoms with E-state index in [0.717, 1.165) is 0 Å². The Morgan fingerprint density at radius 1 is 1.53 bits per heavy atom. The number of carbonyl (C=O) groups is 2. The number of halogens is 4. The molecule has 17 heavy (non-hydrogen) atoms. The number of hydrogen-bond acceptors (Lipinski definition) is 4. The average Bonchev–Trinajstić information content (AvgIpc) is 2.16. The molecule has 0 aromatic rings. The van der Waals surface area contributed by atoms with Gasteiger partial charge < -0.3 is 15.6 Å². The van der Waals surface area contributed by atoms with Crippen LogP contribution in [-0.4, -0.2) is 33.4 Å². The minimum atomic E-state index is -5.08. The van der Waals surface area contributed by atoms with E-state index in [0.29, 0.717) is 0 Å². The zero-order chi connectivity index (χ0) is 14.2. The molecule has 0 fully saturated rings. The third-order valence-electron chi connectivity index (χ3n) is 0.965. The van der Waals surface area contributed by atoms with E-state index in [4.69, 9.17) is 22.1 Å². The number of carboxylic acids is 1. The van der Waals surface area contributed by atoms with Gasteiger partial charge in [0.05, 0.1) is 0 Å². The Morgan fingerprint density at radius 2 is 1.88 bits per heavy atom. The lowest BCUT2D eigenvalue weighted by molar-refractivity contribution is -0.192. The van der Waals surface area contributed by atoms with Gasteiger partial charge in [-0.15, -0.1) is 6.42 Å². The van der Waals surface area contributed by atoms with Gasteiger partial charge >= 0.3 is 18.1 Å². The Bertz CT molecular complexity index is 311. The number of carbonyl (C=O) groups excluding carboxylic acids is 1. The summed E-state index contributed by atoms with van der Waals surface area (Å²) >= 11 is 1.82. The SMILES string of the molecule is C#CC(I)OC(=O)C(C)N.O=C(O)C(F)(F)F. The van der Waals surface area contributed by atoms with Gasteiger partial charge in [-0.25, -0.2) is 4.79 Å². The smallest absolute Gasteiger partial charge is 0.475 e. The summed E-state index contributed by atoms with van der Waals surface area (Å²) in [5.74, 6) is -0.993. The van der Waals surface area contributed by atoms with Crippen LogP contribution in [-0.2, 0) is 14.3 Å². The summed E-state index contributed by atoms with van der Waals surface area (Å²) in [5, 5.41) is 7.12. The predicted octanol–water partition coefficient (Wildman–Crippen LogP) is 0.904. The second-order valence-corrected chi connectivity index (χ2v) is 3.64. The number of rotatable bonds is 2. The number of carboxylic acid groups (broad SMARTS) is 1. The summed E-state index contributed by atoms with van der Waals surface area (Å²) in [6, 6.07) is -0.606. The van der Waals surface area contributed by atoms with Gasteiger partial charge in [0.25, 0.3) is 0 Å².